The minimum absolute atomic E-state index is 0.146. The van der Waals surface area contributed by atoms with E-state index in [2.05, 4.69) is 11.7 Å². The van der Waals surface area contributed by atoms with Gasteiger partial charge in [0.15, 0.2) is 11.5 Å². The van der Waals surface area contributed by atoms with Crippen LogP contribution in [-0.4, -0.2) is 52.0 Å². The standard InChI is InChI=1S/C24H27NO7S/c1-17-12-14-25(15-13-17)33(28,29)20-8-6-19(7-9-20)24(27)32-21-10-4-18(16-22(21)30-2)5-11-23(26)31-3/h4-11,16-17H,12-15H2,1-3H3/b11-5+. The van der Waals surface area contributed by atoms with Crippen LogP contribution in [0.15, 0.2) is 53.4 Å². The zero-order valence-corrected chi connectivity index (χ0v) is 19.6. The van der Waals surface area contributed by atoms with E-state index in [0.717, 1.165) is 12.8 Å². The molecule has 0 amide bonds. The SMILES string of the molecule is COC(=O)/C=C/c1ccc(OC(=O)c2ccc(S(=O)(=O)N3CCC(C)CC3)cc2)c(OC)c1. The van der Waals surface area contributed by atoms with Crippen LogP contribution in [-0.2, 0) is 19.6 Å². The Balaban J connectivity index is 1.72. The number of carbonyl (C=O) groups excluding carboxylic acids is 2. The van der Waals surface area contributed by atoms with Gasteiger partial charge in [0, 0.05) is 19.2 Å². The second-order valence-corrected chi connectivity index (χ2v) is 9.71. The van der Waals surface area contributed by atoms with Gasteiger partial charge in [0.25, 0.3) is 0 Å². The number of benzene rings is 2. The van der Waals surface area contributed by atoms with E-state index in [4.69, 9.17) is 9.47 Å². The summed E-state index contributed by atoms with van der Waals surface area (Å²) < 4.78 is 42.5. The minimum atomic E-state index is -3.59. The van der Waals surface area contributed by atoms with Crippen molar-refractivity contribution in [2.75, 3.05) is 27.3 Å². The van der Waals surface area contributed by atoms with E-state index < -0.39 is 22.0 Å². The highest BCUT2D eigenvalue weighted by atomic mass is 32.2. The number of ether oxygens (including phenoxy) is 3. The molecular weight excluding hydrogens is 446 g/mol. The normalized spacial score (nSPS) is 15.4. The van der Waals surface area contributed by atoms with Gasteiger partial charge in [0.1, 0.15) is 0 Å². The van der Waals surface area contributed by atoms with Crippen molar-refractivity contribution >= 4 is 28.0 Å². The maximum atomic E-state index is 12.9. The van der Waals surface area contributed by atoms with Crippen LogP contribution in [0.3, 0.4) is 0 Å². The van der Waals surface area contributed by atoms with Crippen molar-refractivity contribution < 1.29 is 32.2 Å². The van der Waals surface area contributed by atoms with Crippen LogP contribution in [0.4, 0.5) is 0 Å². The molecule has 0 radical (unpaired) electrons. The third-order valence-corrected chi connectivity index (χ3v) is 7.39. The molecule has 1 aliphatic rings. The lowest BCUT2D eigenvalue weighted by molar-refractivity contribution is -0.134. The van der Waals surface area contributed by atoms with Crippen molar-refractivity contribution in [2.24, 2.45) is 5.92 Å². The van der Waals surface area contributed by atoms with Crippen molar-refractivity contribution in [2.45, 2.75) is 24.7 Å². The molecule has 176 valence electrons. The summed E-state index contributed by atoms with van der Waals surface area (Å²) in [5.41, 5.74) is 0.858. The van der Waals surface area contributed by atoms with E-state index >= 15 is 0 Å². The molecule has 0 spiro atoms. The number of carbonyl (C=O) groups is 2. The second kappa shape index (κ2) is 10.6. The zero-order chi connectivity index (χ0) is 24.0. The van der Waals surface area contributed by atoms with Crippen LogP contribution in [0.25, 0.3) is 6.08 Å². The molecule has 33 heavy (non-hydrogen) atoms. The van der Waals surface area contributed by atoms with Crippen molar-refractivity contribution in [1.82, 2.24) is 4.31 Å². The highest BCUT2D eigenvalue weighted by Crippen LogP contribution is 2.30. The number of nitrogens with zero attached hydrogens (tertiary/aromatic N) is 1. The highest BCUT2D eigenvalue weighted by molar-refractivity contribution is 7.89. The smallest absolute Gasteiger partial charge is 0.343 e. The Morgan fingerprint density at radius 1 is 1.00 bits per heavy atom. The first-order chi connectivity index (χ1) is 15.7. The quantitative estimate of drug-likeness (QED) is 0.345. The largest absolute Gasteiger partial charge is 0.493 e. The van der Waals surface area contributed by atoms with Crippen LogP contribution in [0.2, 0.25) is 0 Å². The van der Waals surface area contributed by atoms with Crippen LogP contribution < -0.4 is 9.47 Å². The number of esters is 2. The molecule has 8 nitrogen and oxygen atoms in total. The molecule has 1 saturated heterocycles. The molecule has 0 saturated carbocycles. The first kappa shape index (κ1) is 24.5. The van der Waals surface area contributed by atoms with Gasteiger partial charge in [-0.15, -0.1) is 0 Å². The summed E-state index contributed by atoms with van der Waals surface area (Å²) in [6.45, 7) is 3.11. The lowest BCUT2D eigenvalue weighted by atomic mass is 10.0. The van der Waals surface area contributed by atoms with Gasteiger partial charge in [-0.3, -0.25) is 0 Å². The van der Waals surface area contributed by atoms with Crippen LogP contribution >= 0.6 is 0 Å². The molecule has 0 unspecified atom stereocenters. The molecule has 1 heterocycles. The lowest BCUT2D eigenvalue weighted by Crippen LogP contribution is -2.37. The molecule has 2 aromatic carbocycles. The number of hydrogen-bond acceptors (Lipinski definition) is 7. The fourth-order valence-corrected chi connectivity index (χ4v) is 4.87. The van der Waals surface area contributed by atoms with Crippen molar-refractivity contribution in [3.63, 3.8) is 0 Å². The Labute approximate surface area is 193 Å². The molecular formula is C24H27NO7S. The number of methoxy groups -OCH3 is 2. The first-order valence-corrected chi connectivity index (χ1v) is 11.9. The van der Waals surface area contributed by atoms with Gasteiger partial charge in [-0.1, -0.05) is 13.0 Å². The van der Waals surface area contributed by atoms with Crippen molar-refractivity contribution in [1.29, 1.82) is 0 Å². The Kier molecular flexibility index (Phi) is 7.88. The summed E-state index contributed by atoms with van der Waals surface area (Å²) in [5, 5.41) is 0. The molecule has 0 aliphatic carbocycles. The first-order valence-electron chi connectivity index (χ1n) is 10.5. The molecule has 2 aromatic rings. The summed E-state index contributed by atoms with van der Waals surface area (Å²) >= 11 is 0. The van der Waals surface area contributed by atoms with Gasteiger partial charge in [0.2, 0.25) is 10.0 Å². The summed E-state index contributed by atoms with van der Waals surface area (Å²) in [7, 11) is -0.878. The van der Waals surface area contributed by atoms with Crippen LogP contribution in [0, 0.1) is 5.92 Å². The fraction of sp³-hybridized carbons (Fsp3) is 0.333. The molecule has 1 aliphatic heterocycles. The predicted octanol–water partition coefficient (Wildman–Crippen LogP) is 3.52. The topological polar surface area (TPSA) is 99.2 Å². The van der Waals surface area contributed by atoms with Gasteiger partial charge in [-0.2, -0.15) is 4.31 Å². The lowest BCUT2D eigenvalue weighted by Gasteiger charge is -2.29. The zero-order valence-electron chi connectivity index (χ0n) is 18.8. The Hall–Kier alpha value is -3.17. The van der Waals surface area contributed by atoms with E-state index in [1.807, 2.05) is 0 Å². The molecule has 0 atom stereocenters. The van der Waals surface area contributed by atoms with E-state index in [1.54, 1.807) is 24.3 Å². The van der Waals surface area contributed by atoms with Gasteiger partial charge in [-0.25, -0.2) is 18.0 Å². The molecule has 3 rings (SSSR count). The average molecular weight is 474 g/mol. The van der Waals surface area contributed by atoms with Gasteiger partial charge in [-0.05, 0) is 66.8 Å². The third-order valence-electron chi connectivity index (χ3n) is 5.47. The number of piperidine rings is 1. The summed E-state index contributed by atoms with van der Waals surface area (Å²) in [6, 6.07) is 10.5. The maximum absolute atomic E-state index is 12.9. The second-order valence-electron chi connectivity index (χ2n) is 7.77. The van der Waals surface area contributed by atoms with Crippen LogP contribution in [0.5, 0.6) is 11.5 Å². The Morgan fingerprint density at radius 2 is 1.67 bits per heavy atom. The molecule has 0 aromatic heterocycles. The van der Waals surface area contributed by atoms with E-state index in [9.17, 15) is 18.0 Å². The van der Waals surface area contributed by atoms with E-state index in [0.29, 0.717) is 30.3 Å². The van der Waals surface area contributed by atoms with Crippen LogP contribution in [0.1, 0.15) is 35.7 Å². The van der Waals surface area contributed by atoms with Gasteiger partial charge < -0.3 is 14.2 Å². The number of sulfonamides is 1. The molecule has 0 bridgehead atoms. The summed E-state index contributed by atoms with van der Waals surface area (Å²) in [4.78, 5) is 24.0. The fourth-order valence-electron chi connectivity index (χ4n) is 3.40. The third kappa shape index (κ3) is 6.00. The summed E-state index contributed by atoms with van der Waals surface area (Å²) in [5.74, 6) is -0.138. The minimum Gasteiger partial charge on any atom is -0.493 e. The maximum Gasteiger partial charge on any atom is 0.343 e. The van der Waals surface area contributed by atoms with Gasteiger partial charge >= 0.3 is 11.9 Å². The number of hydrogen-bond donors (Lipinski definition) is 0. The monoisotopic (exact) mass is 473 g/mol. The Bertz CT molecular complexity index is 1130. The molecule has 0 N–H and O–H groups in total. The molecule has 1 fully saturated rings. The van der Waals surface area contributed by atoms with Crippen molar-refractivity contribution in [3.05, 3.63) is 59.7 Å². The van der Waals surface area contributed by atoms with E-state index in [1.165, 1.54) is 48.9 Å². The molecule has 9 heteroatoms. The predicted molar refractivity (Wildman–Crippen MR) is 123 cm³/mol. The average Bonchev–Trinajstić information content (AvgIpc) is 2.83. The highest BCUT2D eigenvalue weighted by Gasteiger charge is 2.28. The summed E-state index contributed by atoms with van der Waals surface area (Å²) in [6.07, 6.45) is 4.48. The Morgan fingerprint density at radius 3 is 2.27 bits per heavy atom. The van der Waals surface area contributed by atoms with Gasteiger partial charge in [0.05, 0.1) is 24.7 Å². The van der Waals surface area contributed by atoms with E-state index in [-0.39, 0.29) is 16.2 Å². The number of rotatable bonds is 7. The van der Waals surface area contributed by atoms with Crippen molar-refractivity contribution in [3.8, 4) is 11.5 Å².